The Morgan fingerprint density at radius 1 is 0.969 bits per heavy atom. The van der Waals surface area contributed by atoms with Crippen molar-refractivity contribution in [3.05, 3.63) is 29.3 Å². The fraction of sp³-hybridized carbons (Fsp3) is 0.591. The van der Waals surface area contributed by atoms with Gasteiger partial charge in [0.1, 0.15) is 19.0 Å². The summed E-state index contributed by atoms with van der Waals surface area (Å²) in [4.78, 5) is 29.4. The molecule has 2 rings (SSSR count). The zero-order valence-electron chi connectivity index (χ0n) is 18.4. The van der Waals surface area contributed by atoms with E-state index in [0.717, 1.165) is 31.6 Å². The molecule has 178 valence electrons. The lowest BCUT2D eigenvalue weighted by atomic mass is 10.1. The molecule has 1 heterocycles. The Labute approximate surface area is 194 Å². The van der Waals surface area contributed by atoms with E-state index < -0.39 is 5.91 Å². The van der Waals surface area contributed by atoms with Crippen molar-refractivity contribution in [2.45, 2.75) is 25.7 Å². The monoisotopic (exact) mass is 468 g/mol. The highest BCUT2D eigenvalue weighted by Crippen LogP contribution is 2.13. The number of anilines is 1. The maximum Gasteiger partial charge on any atom is 0.273 e. The SMILES string of the molecule is NC(CCNc1ccc(Cl)cc1)=NC(=O)COCCOCCOCC(=O)N1CCCCC1. The van der Waals surface area contributed by atoms with Crippen LogP contribution in [0.25, 0.3) is 0 Å². The number of carbonyl (C=O) groups is 2. The van der Waals surface area contributed by atoms with Crippen LogP contribution in [0.4, 0.5) is 5.69 Å². The van der Waals surface area contributed by atoms with Crippen LogP contribution in [0.3, 0.4) is 0 Å². The van der Waals surface area contributed by atoms with Gasteiger partial charge in [-0.2, -0.15) is 4.99 Å². The summed E-state index contributed by atoms with van der Waals surface area (Å²) >= 11 is 5.84. The number of hydrogen-bond acceptors (Lipinski definition) is 6. The quantitative estimate of drug-likeness (QED) is 0.244. The van der Waals surface area contributed by atoms with Crippen molar-refractivity contribution in [1.82, 2.24) is 4.90 Å². The van der Waals surface area contributed by atoms with Gasteiger partial charge in [0.2, 0.25) is 5.91 Å². The molecule has 32 heavy (non-hydrogen) atoms. The Bertz CT molecular complexity index is 724. The number of ether oxygens (including phenoxy) is 3. The largest absolute Gasteiger partial charge is 0.387 e. The lowest BCUT2D eigenvalue weighted by Gasteiger charge is -2.26. The molecular weight excluding hydrogens is 436 g/mol. The van der Waals surface area contributed by atoms with Gasteiger partial charge in [-0.25, -0.2) is 0 Å². The van der Waals surface area contributed by atoms with E-state index in [-0.39, 0.29) is 31.6 Å². The average molecular weight is 469 g/mol. The first-order valence-electron chi connectivity index (χ1n) is 10.9. The number of rotatable bonds is 14. The summed E-state index contributed by atoms with van der Waals surface area (Å²) in [6.07, 6.45) is 3.75. The van der Waals surface area contributed by atoms with Crippen molar-refractivity contribution in [2.75, 3.05) is 64.6 Å². The predicted molar refractivity (Wildman–Crippen MR) is 124 cm³/mol. The van der Waals surface area contributed by atoms with Crippen LogP contribution in [0.1, 0.15) is 25.7 Å². The first-order chi connectivity index (χ1) is 15.5. The molecule has 0 atom stereocenters. The molecule has 1 aliphatic rings. The molecule has 10 heteroatoms. The fourth-order valence-corrected chi connectivity index (χ4v) is 3.17. The average Bonchev–Trinajstić information content (AvgIpc) is 2.79. The molecule has 0 bridgehead atoms. The number of piperidine rings is 1. The van der Waals surface area contributed by atoms with Crippen molar-refractivity contribution in [3.63, 3.8) is 0 Å². The van der Waals surface area contributed by atoms with Crippen LogP contribution in [0, 0.1) is 0 Å². The Morgan fingerprint density at radius 3 is 2.28 bits per heavy atom. The van der Waals surface area contributed by atoms with Gasteiger partial charge in [0.25, 0.3) is 5.91 Å². The molecule has 0 unspecified atom stereocenters. The minimum Gasteiger partial charge on any atom is -0.387 e. The number of benzene rings is 1. The number of nitrogens with zero attached hydrogens (tertiary/aromatic N) is 2. The van der Waals surface area contributed by atoms with E-state index in [1.54, 1.807) is 12.1 Å². The molecule has 1 aromatic carbocycles. The molecule has 0 spiro atoms. The molecule has 0 saturated carbocycles. The third-order valence-electron chi connectivity index (χ3n) is 4.73. The second-order valence-electron chi connectivity index (χ2n) is 7.34. The van der Waals surface area contributed by atoms with Gasteiger partial charge in [0.15, 0.2) is 0 Å². The van der Waals surface area contributed by atoms with Gasteiger partial charge in [-0.15, -0.1) is 0 Å². The zero-order chi connectivity index (χ0) is 23.0. The molecule has 0 radical (unpaired) electrons. The number of amides is 2. The Morgan fingerprint density at radius 2 is 1.59 bits per heavy atom. The van der Waals surface area contributed by atoms with Crippen molar-refractivity contribution >= 4 is 34.9 Å². The van der Waals surface area contributed by atoms with Crippen LogP contribution in [0.5, 0.6) is 0 Å². The molecule has 3 N–H and O–H groups in total. The summed E-state index contributed by atoms with van der Waals surface area (Å²) < 4.78 is 16.0. The van der Waals surface area contributed by atoms with Crippen molar-refractivity contribution in [3.8, 4) is 0 Å². The van der Waals surface area contributed by atoms with Crippen LogP contribution in [0.2, 0.25) is 5.02 Å². The van der Waals surface area contributed by atoms with E-state index in [2.05, 4.69) is 10.3 Å². The van der Waals surface area contributed by atoms with E-state index >= 15 is 0 Å². The molecule has 1 aliphatic heterocycles. The van der Waals surface area contributed by atoms with Gasteiger partial charge in [-0.05, 0) is 43.5 Å². The molecule has 0 aliphatic carbocycles. The van der Waals surface area contributed by atoms with Gasteiger partial charge in [-0.1, -0.05) is 11.6 Å². The molecular formula is C22H33ClN4O5. The summed E-state index contributed by atoms with van der Waals surface area (Å²) in [6.45, 7) is 3.39. The maximum atomic E-state index is 11.9. The number of carbonyl (C=O) groups excluding carboxylic acids is 2. The minimum absolute atomic E-state index is 0.0344. The lowest BCUT2D eigenvalue weighted by molar-refractivity contribution is -0.137. The second-order valence-corrected chi connectivity index (χ2v) is 7.78. The number of nitrogens with two attached hydrogens (primary N) is 1. The lowest BCUT2D eigenvalue weighted by Crippen LogP contribution is -2.38. The second kappa shape index (κ2) is 15.6. The van der Waals surface area contributed by atoms with Crippen molar-refractivity contribution in [1.29, 1.82) is 0 Å². The molecule has 1 aromatic rings. The Hall–Kier alpha value is -2.20. The molecule has 0 aromatic heterocycles. The molecule has 1 saturated heterocycles. The van der Waals surface area contributed by atoms with Gasteiger partial charge in [0, 0.05) is 36.8 Å². The first kappa shape index (κ1) is 26.1. The first-order valence-corrected chi connectivity index (χ1v) is 11.3. The third kappa shape index (κ3) is 11.4. The smallest absolute Gasteiger partial charge is 0.273 e. The maximum absolute atomic E-state index is 11.9. The topological polar surface area (TPSA) is 115 Å². The molecule has 2 amide bonds. The number of hydrogen-bond donors (Lipinski definition) is 2. The predicted octanol–water partition coefficient (Wildman–Crippen LogP) is 2.09. The zero-order valence-corrected chi connectivity index (χ0v) is 19.1. The number of amidine groups is 1. The Balaban J connectivity index is 1.42. The van der Waals surface area contributed by atoms with Crippen LogP contribution >= 0.6 is 11.6 Å². The number of aliphatic imine (C=N–C) groups is 1. The van der Waals surface area contributed by atoms with E-state index in [1.807, 2.05) is 17.0 Å². The van der Waals surface area contributed by atoms with E-state index in [0.29, 0.717) is 37.8 Å². The van der Waals surface area contributed by atoms with Gasteiger partial charge < -0.3 is 30.2 Å². The fourth-order valence-electron chi connectivity index (χ4n) is 3.04. The van der Waals surface area contributed by atoms with Gasteiger partial charge in [-0.3, -0.25) is 9.59 Å². The highest BCUT2D eigenvalue weighted by molar-refractivity contribution is 6.30. The summed E-state index contributed by atoms with van der Waals surface area (Å²) in [5.74, 6) is -0.159. The van der Waals surface area contributed by atoms with Crippen LogP contribution in [0.15, 0.2) is 29.3 Å². The highest BCUT2D eigenvalue weighted by atomic mass is 35.5. The van der Waals surface area contributed by atoms with Crippen LogP contribution < -0.4 is 11.1 Å². The van der Waals surface area contributed by atoms with Crippen LogP contribution in [-0.4, -0.2) is 81.8 Å². The van der Waals surface area contributed by atoms with Crippen molar-refractivity contribution in [2.24, 2.45) is 10.7 Å². The highest BCUT2D eigenvalue weighted by Gasteiger charge is 2.15. The van der Waals surface area contributed by atoms with Crippen molar-refractivity contribution < 1.29 is 23.8 Å². The molecule has 1 fully saturated rings. The van der Waals surface area contributed by atoms with E-state index in [1.165, 1.54) is 6.42 Å². The Kier molecular flexibility index (Phi) is 12.7. The normalized spacial score (nSPS) is 14.4. The summed E-state index contributed by atoms with van der Waals surface area (Å²) in [7, 11) is 0. The minimum atomic E-state index is -0.437. The third-order valence-corrected chi connectivity index (χ3v) is 4.98. The van der Waals surface area contributed by atoms with E-state index in [4.69, 9.17) is 31.5 Å². The van der Waals surface area contributed by atoms with Gasteiger partial charge >= 0.3 is 0 Å². The number of halogens is 1. The molecule has 9 nitrogen and oxygen atoms in total. The van der Waals surface area contributed by atoms with Crippen LogP contribution in [-0.2, 0) is 23.8 Å². The number of nitrogens with one attached hydrogen (secondary N) is 1. The summed E-state index contributed by atoms with van der Waals surface area (Å²) in [6, 6.07) is 7.29. The van der Waals surface area contributed by atoms with E-state index in [9.17, 15) is 9.59 Å². The summed E-state index contributed by atoms with van der Waals surface area (Å²) in [5, 5.41) is 3.84. The number of likely N-dealkylation sites (tertiary alicyclic amines) is 1. The summed E-state index contributed by atoms with van der Waals surface area (Å²) in [5.41, 5.74) is 6.69. The van der Waals surface area contributed by atoms with Gasteiger partial charge in [0.05, 0.1) is 26.4 Å². The standard InChI is InChI=1S/C22H33ClN4O5/c23-18-4-6-19(7-5-18)25-9-8-20(24)26-21(28)16-31-14-12-30-13-15-32-17-22(29)27-10-2-1-3-11-27/h4-7,25H,1-3,8-17H2,(H2,24,26,28).